The highest BCUT2D eigenvalue weighted by atomic mass is 16.6. The molecule has 0 aliphatic heterocycles. The fraction of sp³-hybridized carbons (Fsp3) is 0.0556. The van der Waals surface area contributed by atoms with Crippen LogP contribution in [0, 0.1) is 10.1 Å². The molecular formula is C18H14N4O2. The largest absolute Gasteiger partial charge is 0.372 e. The predicted molar refractivity (Wildman–Crippen MR) is 93.1 cm³/mol. The Bertz CT molecular complexity index is 1050. The van der Waals surface area contributed by atoms with E-state index in [1.165, 1.54) is 4.40 Å². The Hall–Kier alpha value is -3.41. The molecule has 0 bridgehead atoms. The molecule has 118 valence electrons. The number of pyridine rings is 1. The summed E-state index contributed by atoms with van der Waals surface area (Å²) in [6.07, 6.45) is 1.64. The van der Waals surface area contributed by atoms with Crippen molar-refractivity contribution in [2.24, 2.45) is 0 Å². The number of hydrogen-bond donors (Lipinski definition) is 1. The SMILES string of the molecule is O=[N+]([O-])c1c(NCc2cccc3ccccc23)nc2ccccn12. The third-order valence-electron chi connectivity index (χ3n) is 4.00. The molecule has 6 heteroatoms. The van der Waals surface area contributed by atoms with Crippen LogP contribution in [-0.4, -0.2) is 14.3 Å². The lowest BCUT2D eigenvalue weighted by atomic mass is 10.0. The first-order chi connectivity index (χ1) is 11.7. The maximum Gasteiger partial charge on any atom is 0.372 e. The number of benzene rings is 2. The van der Waals surface area contributed by atoms with Crippen LogP contribution in [0.25, 0.3) is 16.4 Å². The standard InChI is InChI=1S/C18H14N4O2/c23-22(24)18-17(20-16-10-3-4-11-21(16)18)19-12-14-8-5-7-13-6-1-2-9-15(13)14/h1-11,19H,12H2. The number of aromatic nitrogens is 2. The highest BCUT2D eigenvalue weighted by Gasteiger charge is 2.21. The van der Waals surface area contributed by atoms with E-state index >= 15 is 0 Å². The summed E-state index contributed by atoms with van der Waals surface area (Å²) in [6.45, 7) is 0.464. The number of fused-ring (bicyclic) bond motifs is 2. The number of anilines is 1. The van der Waals surface area contributed by atoms with Crippen molar-refractivity contribution >= 4 is 28.1 Å². The average Bonchev–Trinajstić information content (AvgIpc) is 2.98. The van der Waals surface area contributed by atoms with Gasteiger partial charge >= 0.3 is 5.82 Å². The summed E-state index contributed by atoms with van der Waals surface area (Å²) in [5.74, 6) is 0.227. The van der Waals surface area contributed by atoms with E-state index in [0.29, 0.717) is 12.2 Å². The smallest absolute Gasteiger partial charge is 0.359 e. The number of rotatable bonds is 4. The minimum atomic E-state index is -0.411. The van der Waals surface area contributed by atoms with Crippen LogP contribution in [0.3, 0.4) is 0 Å². The van der Waals surface area contributed by atoms with Gasteiger partial charge in [-0.1, -0.05) is 48.5 Å². The van der Waals surface area contributed by atoms with Crippen LogP contribution in [0.4, 0.5) is 11.6 Å². The third-order valence-corrected chi connectivity index (χ3v) is 4.00. The van der Waals surface area contributed by atoms with Gasteiger partial charge in [-0.25, -0.2) is 0 Å². The van der Waals surface area contributed by atoms with Gasteiger partial charge in [-0.3, -0.25) is 0 Å². The molecule has 0 spiro atoms. The Morgan fingerprint density at radius 1 is 1.04 bits per heavy atom. The Balaban J connectivity index is 1.72. The second-order valence-electron chi connectivity index (χ2n) is 5.46. The number of nitrogens with zero attached hydrogens (tertiary/aromatic N) is 3. The van der Waals surface area contributed by atoms with Crippen molar-refractivity contribution in [3.05, 3.63) is 82.5 Å². The van der Waals surface area contributed by atoms with E-state index in [1.807, 2.05) is 42.5 Å². The van der Waals surface area contributed by atoms with Crippen LogP contribution in [0.1, 0.15) is 5.56 Å². The molecule has 0 atom stereocenters. The van der Waals surface area contributed by atoms with E-state index in [0.717, 1.165) is 16.3 Å². The van der Waals surface area contributed by atoms with Crippen LogP contribution in [0.2, 0.25) is 0 Å². The van der Waals surface area contributed by atoms with E-state index in [1.54, 1.807) is 24.4 Å². The monoisotopic (exact) mass is 318 g/mol. The van der Waals surface area contributed by atoms with E-state index in [4.69, 9.17) is 0 Å². The summed E-state index contributed by atoms with van der Waals surface area (Å²) >= 11 is 0. The molecular weight excluding hydrogens is 304 g/mol. The molecule has 24 heavy (non-hydrogen) atoms. The van der Waals surface area contributed by atoms with Crippen molar-refractivity contribution in [3.63, 3.8) is 0 Å². The van der Waals surface area contributed by atoms with Gasteiger partial charge in [0.1, 0.15) is 0 Å². The Labute approximate surface area is 137 Å². The molecule has 0 amide bonds. The normalized spacial score (nSPS) is 11.0. The van der Waals surface area contributed by atoms with E-state index in [9.17, 15) is 10.1 Å². The minimum absolute atomic E-state index is 0.0502. The van der Waals surface area contributed by atoms with Crippen LogP contribution in [-0.2, 0) is 6.54 Å². The molecule has 2 aromatic carbocycles. The van der Waals surface area contributed by atoms with Crippen molar-refractivity contribution in [3.8, 4) is 0 Å². The van der Waals surface area contributed by atoms with Crippen LogP contribution in [0.5, 0.6) is 0 Å². The average molecular weight is 318 g/mol. The number of nitro groups is 1. The van der Waals surface area contributed by atoms with E-state index < -0.39 is 4.92 Å². The van der Waals surface area contributed by atoms with Gasteiger partial charge < -0.3 is 15.4 Å². The topological polar surface area (TPSA) is 72.5 Å². The molecule has 6 nitrogen and oxygen atoms in total. The molecule has 0 unspecified atom stereocenters. The Morgan fingerprint density at radius 2 is 1.83 bits per heavy atom. The van der Waals surface area contributed by atoms with E-state index in [2.05, 4.69) is 10.3 Å². The zero-order valence-electron chi connectivity index (χ0n) is 12.7. The Kier molecular flexibility index (Phi) is 3.35. The number of hydrogen-bond acceptors (Lipinski definition) is 4. The molecule has 0 aliphatic rings. The molecule has 4 aromatic rings. The summed E-state index contributed by atoms with van der Waals surface area (Å²) < 4.78 is 1.48. The van der Waals surface area contributed by atoms with Gasteiger partial charge in [0.25, 0.3) is 0 Å². The fourth-order valence-electron chi connectivity index (χ4n) is 2.90. The first-order valence-corrected chi connectivity index (χ1v) is 7.56. The van der Waals surface area contributed by atoms with Crippen molar-refractivity contribution < 1.29 is 4.92 Å². The van der Waals surface area contributed by atoms with Crippen LogP contribution in [0.15, 0.2) is 66.9 Å². The van der Waals surface area contributed by atoms with Crippen LogP contribution < -0.4 is 5.32 Å². The highest BCUT2D eigenvalue weighted by Crippen LogP contribution is 2.26. The lowest BCUT2D eigenvalue weighted by Crippen LogP contribution is -2.03. The Morgan fingerprint density at radius 3 is 2.71 bits per heavy atom. The lowest BCUT2D eigenvalue weighted by molar-refractivity contribution is -0.389. The summed E-state index contributed by atoms with van der Waals surface area (Å²) in [7, 11) is 0. The van der Waals surface area contributed by atoms with Crippen LogP contribution >= 0.6 is 0 Å². The summed E-state index contributed by atoms with van der Waals surface area (Å²) in [5.41, 5.74) is 1.61. The number of imidazole rings is 1. The van der Waals surface area contributed by atoms with Gasteiger partial charge in [-0.05, 0) is 27.3 Å². The highest BCUT2D eigenvalue weighted by molar-refractivity contribution is 5.85. The van der Waals surface area contributed by atoms with Gasteiger partial charge in [-0.2, -0.15) is 9.38 Å². The molecule has 0 fully saturated rings. The molecule has 1 N–H and O–H groups in total. The fourth-order valence-corrected chi connectivity index (χ4v) is 2.90. The second-order valence-corrected chi connectivity index (χ2v) is 5.46. The minimum Gasteiger partial charge on any atom is -0.359 e. The molecule has 0 aliphatic carbocycles. The van der Waals surface area contributed by atoms with Gasteiger partial charge in [0.2, 0.25) is 11.5 Å². The van der Waals surface area contributed by atoms with Gasteiger partial charge in [0.05, 0.1) is 6.20 Å². The molecule has 0 saturated carbocycles. The second kappa shape index (κ2) is 5.66. The van der Waals surface area contributed by atoms with Gasteiger partial charge in [0.15, 0.2) is 0 Å². The summed E-state index contributed by atoms with van der Waals surface area (Å²) in [6, 6.07) is 19.4. The molecule has 0 saturated heterocycles. The van der Waals surface area contributed by atoms with Crippen molar-refractivity contribution in [1.29, 1.82) is 0 Å². The maximum absolute atomic E-state index is 11.4. The van der Waals surface area contributed by atoms with E-state index in [-0.39, 0.29) is 11.6 Å². The molecule has 2 heterocycles. The molecule has 0 radical (unpaired) electrons. The first kappa shape index (κ1) is 14.2. The quantitative estimate of drug-likeness (QED) is 0.456. The lowest BCUT2D eigenvalue weighted by Gasteiger charge is -2.07. The predicted octanol–water partition coefficient (Wildman–Crippen LogP) is 4.01. The molecule has 4 rings (SSSR count). The summed E-state index contributed by atoms with van der Waals surface area (Å²) in [5, 5.41) is 16.8. The third kappa shape index (κ3) is 2.34. The van der Waals surface area contributed by atoms with Crippen molar-refractivity contribution in [1.82, 2.24) is 9.38 Å². The zero-order chi connectivity index (χ0) is 16.5. The van der Waals surface area contributed by atoms with Crippen molar-refractivity contribution in [2.45, 2.75) is 6.54 Å². The number of nitrogens with one attached hydrogen (secondary N) is 1. The van der Waals surface area contributed by atoms with Crippen molar-refractivity contribution in [2.75, 3.05) is 5.32 Å². The van der Waals surface area contributed by atoms with Gasteiger partial charge in [-0.15, -0.1) is 0 Å². The van der Waals surface area contributed by atoms with Gasteiger partial charge in [0, 0.05) is 12.6 Å². The maximum atomic E-state index is 11.4. The summed E-state index contributed by atoms with van der Waals surface area (Å²) in [4.78, 5) is 15.4. The zero-order valence-corrected chi connectivity index (χ0v) is 12.7. The first-order valence-electron chi connectivity index (χ1n) is 7.56. The molecule has 2 aromatic heterocycles.